The monoisotopic (exact) mass is 716 g/mol. The van der Waals surface area contributed by atoms with Gasteiger partial charge in [-0.3, -0.25) is 14.7 Å². The first-order valence-electron chi connectivity index (χ1n) is 16.8. The smallest absolute Gasteiger partial charge is 0.319 e. The van der Waals surface area contributed by atoms with Gasteiger partial charge in [0.15, 0.2) is 11.6 Å². The van der Waals surface area contributed by atoms with Crippen molar-refractivity contribution in [2.45, 2.75) is 37.9 Å². The van der Waals surface area contributed by atoms with E-state index in [0.717, 1.165) is 19.4 Å². The molecule has 0 radical (unpaired) electrons. The van der Waals surface area contributed by atoms with Crippen molar-refractivity contribution in [3.05, 3.63) is 65.2 Å². The van der Waals surface area contributed by atoms with E-state index in [9.17, 15) is 14.3 Å². The Morgan fingerprint density at radius 3 is 2.88 bits per heavy atom. The number of aryl methyl sites for hydroxylation is 1. The lowest BCUT2D eigenvalue weighted by atomic mass is 9.95. The van der Waals surface area contributed by atoms with Gasteiger partial charge in [0.1, 0.15) is 35.6 Å². The Labute approximate surface area is 296 Å². The van der Waals surface area contributed by atoms with Crippen molar-refractivity contribution < 1.29 is 27.9 Å². The van der Waals surface area contributed by atoms with E-state index in [1.807, 2.05) is 11.9 Å². The molecule has 0 bridgehead atoms. The largest absolute Gasteiger partial charge is 0.508 e. The van der Waals surface area contributed by atoms with Crippen LogP contribution < -0.4 is 9.64 Å². The quantitative estimate of drug-likeness (QED) is 0.191. The predicted molar refractivity (Wildman–Crippen MR) is 187 cm³/mol. The molecule has 51 heavy (non-hydrogen) atoms. The molecule has 3 aromatic heterocycles. The molecule has 2 atom stereocenters. The summed E-state index contributed by atoms with van der Waals surface area (Å²) in [5.41, 5.74) is -0.197. The number of pyridine rings is 1. The molecule has 15 heteroatoms. The second-order valence-electron chi connectivity index (χ2n) is 13.7. The fourth-order valence-corrected chi connectivity index (χ4v) is 8.02. The van der Waals surface area contributed by atoms with E-state index in [4.69, 9.17) is 25.8 Å². The summed E-state index contributed by atoms with van der Waals surface area (Å²) in [6, 6.07) is 8.18. The number of fused-ring (bicyclic) bond motifs is 3. The highest BCUT2D eigenvalue weighted by atomic mass is 35.5. The third-order valence-electron chi connectivity index (χ3n) is 10.1. The molecule has 1 unspecified atom stereocenters. The van der Waals surface area contributed by atoms with Gasteiger partial charge in [0.25, 0.3) is 5.89 Å². The zero-order valence-electron chi connectivity index (χ0n) is 28.0. The van der Waals surface area contributed by atoms with E-state index in [0.29, 0.717) is 71.0 Å². The molecule has 0 aliphatic carbocycles. The Bertz CT molecular complexity index is 2190. The number of aromatic hydroxyl groups is 1. The number of halogens is 3. The first kappa shape index (κ1) is 33.2. The number of likely N-dealkylation sites (tertiary alicyclic amines) is 1. The van der Waals surface area contributed by atoms with E-state index in [2.05, 4.69) is 25.0 Å². The molecule has 264 valence electrons. The Morgan fingerprint density at radius 1 is 1.24 bits per heavy atom. The number of phenolic OH excluding ortho intramolecular Hbond substituents is 1. The molecule has 5 aromatic rings. The molecule has 3 fully saturated rings. The van der Waals surface area contributed by atoms with Crippen LogP contribution in [0.3, 0.4) is 0 Å². The second kappa shape index (κ2) is 13.0. The maximum atomic E-state index is 16.8. The lowest BCUT2D eigenvalue weighted by Gasteiger charge is -2.40. The maximum absolute atomic E-state index is 16.8. The van der Waals surface area contributed by atoms with Gasteiger partial charge in [0.05, 0.1) is 10.9 Å². The number of ether oxygens (including phenoxy) is 1. The molecule has 1 N–H and O–H groups in total. The summed E-state index contributed by atoms with van der Waals surface area (Å²) in [7, 11) is 1.84. The third kappa shape index (κ3) is 6.20. The van der Waals surface area contributed by atoms with Crippen LogP contribution in [0.2, 0.25) is 5.02 Å². The van der Waals surface area contributed by atoms with E-state index < -0.39 is 17.5 Å². The number of amides is 1. The molecular weight excluding hydrogens is 682 g/mol. The number of rotatable bonds is 9. The summed E-state index contributed by atoms with van der Waals surface area (Å²) < 4.78 is 42.6. The molecule has 3 aliphatic rings. The molecule has 1 amide bonds. The van der Waals surface area contributed by atoms with Gasteiger partial charge < -0.3 is 24.2 Å². The molecule has 0 saturated carbocycles. The minimum absolute atomic E-state index is 0.0159. The first-order valence-corrected chi connectivity index (χ1v) is 17.2. The first-order chi connectivity index (χ1) is 24.6. The molecule has 3 saturated heterocycles. The summed E-state index contributed by atoms with van der Waals surface area (Å²) in [6.07, 6.45) is 5.58. The molecular formula is C36H35ClF2N8O4. The molecule has 3 aliphatic heterocycles. The van der Waals surface area contributed by atoms with Crippen molar-refractivity contribution in [3.63, 3.8) is 0 Å². The van der Waals surface area contributed by atoms with Gasteiger partial charge in [-0.15, -0.1) is 0 Å². The summed E-state index contributed by atoms with van der Waals surface area (Å²) >= 11 is 6.58. The van der Waals surface area contributed by atoms with Crippen LogP contribution in [-0.4, -0.2) is 104 Å². The lowest BCUT2D eigenvalue weighted by Crippen LogP contribution is -2.53. The molecule has 8 rings (SSSR count). The molecule has 6 heterocycles. The van der Waals surface area contributed by atoms with E-state index in [-0.39, 0.29) is 47.3 Å². The van der Waals surface area contributed by atoms with Crippen LogP contribution >= 0.6 is 11.6 Å². The summed E-state index contributed by atoms with van der Waals surface area (Å²) in [6.45, 7) is 4.55. The maximum Gasteiger partial charge on any atom is 0.319 e. The molecule has 12 nitrogen and oxygen atoms in total. The van der Waals surface area contributed by atoms with Crippen molar-refractivity contribution >= 4 is 51.1 Å². The average Bonchev–Trinajstić information content (AvgIpc) is 3.77. The van der Waals surface area contributed by atoms with Crippen LogP contribution in [0.15, 0.2) is 47.1 Å². The fourth-order valence-electron chi connectivity index (χ4n) is 7.73. The summed E-state index contributed by atoms with van der Waals surface area (Å²) in [4.78, 5) is 36.3. The SMILES string of the molecule is Cc1noc(/C=C/C(=O)N2CC(CN(C)c3nc(OCC45CCCN4C[C@H](F)C5)nc4c(F)c(-c5cc(O)cc6cccc(Cl)c56)ncc34)C2)n1. The van der Waals surface area contributed by atoms with Crippen molar-refractivity contribution in [2.24, 2.45) is 5.92 Å². The number of alkyl halides is 1. The Balaban J connectivity index is 1.10. The Hall–Kier alpha value is -4.95. The fraction of sp³-hybridized carbons (Fsp3) is 0.389. The number of phenols is 1. The van der Waals surface area contributed by atoms with Gasteiger partial charge in [-0.05, 0) is 49.9 Å². The summed E-state index contributed by atoms with van der Waals surface area (Å²) in [5, 5.41) is 16.2. The number of nitrogens with zero attached hydrogens (tertiary/aromatic N) is 8. The minimum Gasteiger partial charge on any atom is -0.508 e. The molecule has 2 aromatic carbocycles. The van der Waals surface area contributed by atoms with Gasteiger partial charge in [-0.2, -0.15) is 15.0 Å². The van der Waals surface area contributed by atoms with Crippen molar-refractivity contribution in [1.82, 2.24) is 34.9 Å². The van der Waals surface area contributed by atoms with Crippen LogP contribution in [0.25, 0.3) is 39.0 Å². The average molecular weight is 717 g/mol. The van der Waals surface area contributed by atoms with Gasteiger partial charge in [-0.25, -0.2) is 8.78 Å². The van der Waals surface area contributed by atoms with E-state index in [1.54, 1.807) is 36.1 Å². The van der Waals surface area contributed by atoms with Crippen molar-refractivity contribution in [2.75, 3.05) is 51.3 Å². The number of carbonyl (C=O) groups excluding carboxylic acids is 1. The lowest BCUT2D eigenvalue weighted by molar-refractivity contribution is -0.131. The highest BCUT2D eigenvalue weighted by Gasteiger charge is 2.49. The predicted octanol–water partition coefficient (Wildman–Crippen LogP) is 5.60. The van der Waals surface area contributed by atoms with Gasteiger partial charge in [-0.1, -0.05) is 28.9 Å². The van der Waals surface area contributed by atoms with Gasteiger partial charge >= 0.3 is 6.01 Å². The number of carbonyl (C=O) groups is 1. The summed E-state index contributed by atoms with van der Waals surface area (Å²) in [5.74, 6) is 0.285. The second-order valence-corrected chi connectivity index (χ2v) is 14.1. The topological polar surface area (TPSA) is 134 Å². The normalized spacial score (nSPS) is 20.8. The van der Waals surface area contributed by atoms with Gasteiger partial charge in [0, 0.05) is 79.9 Å². The standard InChI is InChI=1S/C36H35ClF2N8O4/c1-20-41-28(51-44-20)7-8-29(49)46-16-21(17-46)15-45(2)34-26-14-40-32(25-12-24(48)11-22-5-3-6-27(37)30(22)25)31(39)33(26)42-35(43-34)50-19-36-9-4-10-47(36)18-23(38)13-36/h3,5-8,11-12,14,21,23,48H,4,9-10,13,15-19H2,1-2H3/b8-7+/t23-,36?/m1/s1. The number of benzene rings is 2. The number of anilines is 1. The van der Waals surface area contributed by atoms with Crippen LogP contribution in [0, 0.1) is 18.7 Å². The number of hydrogen-bond acceptors (Lipinski definition) is 11. The number of hydrogen-bond donors (Lipinski definition) is 1. The van der Waals surface area contributed by atoms with Gasteiger partial charge in [0.2, 0.25) is 5.91 Å². The van der Waals surface area contributed by atoms with Crippen LogP contribution in [-0.2, 0) is 4.79 Å². The van der Waals surface area contributed by atoms with Crippen molar-refractivity contribution in [3.8, 4) is 23.0 Å². The van der Waals surface area contributed by atoms with Crippen LogP contribution in [0.5, 0.6) is 11.8 Å². The van der Waals surface area contributed by atoms with Crippen LogP contribution in [0.4, 0.5) is 14.6 Å². The Kier molecular flexibility index (Phi) is 8.45. The van der Waals surface area contributed by atoms with Crippen LogP contribution in [0.1, 0.15) is 31.0 Å². The third-order valence-corrected chi connectivity index (χ3v) is 10.4. The highest BCUT2D eigenvalue weighted by Crippen LogP contribution is 2.42. The highest BCUT2D eigenvalue weighted by molar-refractivity contribution is 6.36. The number of aromatic nitrogens is 5. The van der Waals surface area contributed by atoms with E-state index >= 15 is 4.39 Å². The zero-order valence-corrected chi connectivity index (χ0v) is 28.8. The molecule has 0 spiro atoms. The zero-order chi connectivity index (χ0) is 35.4. The Morgan fingerprint density at radius 2 is 2.08 bits per heavy atom. The van der Waals surface area contributed by atoms with E-state index in [1.165, 1.54) is 24.4 Å². The minimum atomic E-state index is -0.935. The van der Waals surface area contributed by atoms with Crippen molar-refractivity contribution in [1.29, 1.82) is 0 Å².